The first-order valence-corrected chi connectivity index (χ1v) is 6.72. The van der Waals surface area contributed by atoms with Gasteiger partial charge in [0.05, 0.1) is 12.0 Å². The molecule has 104 valence electrons. The number of hydrogen-bond acceptors (Lipinski definition) is 2. The summed E-state index contributed by atoms with van der Waals surface area (Å²) in [5.41, 5.74) is -0.698. The zero-order valence-corrected chi connectivity index (χ0v) is 11.0. The fourth-order valence-corrected chi connectivity index (χ4v) is 2.82. The molecule has 1 saturated carbocycles. The van der Waals surface area contributed by atoms with Crippen LogP contribution in [0.25, 0.3) is 0 Å². The first-order valence-electron chi connectivity index (χ1n) is 6.72. The van der Waals surface area contributed by atoms with E-state index in [9.17, 15) is 13.6 Å². The Labute approximate surface area is 111 Å². The lowest BCUT2D eigenvalue weighted by Gasteiger charge is -2.32. The van der Waals surface area contributed by atoms with Gasteiger partial charge in [-0.15, -0.1) is 0 Å². The van der Waals surface area contributed by atoms with Crippen molar-refractivity contribution in [2.75, 3.05) is 6.61 Å². The zero-order chi connectivity index (χ0) is 13.9. The van der Waals surface area contributed by atoms with Crippen LogP contribution in [0.3, 0.4) is 0 Å². The van der Waals surface area contributed by atoms with E-state index >= 15 is 0 Å². The predicted octanol–water partition coefficient (Wildman–Crippen LogP) is 3.76. The van der Waals surface area contributed by atoms with Gasteiger partial charge in [-0.05, 0) is 25.8 Å². The molecule has 2 rings (SSSR count). The molecule has 0 amide bonds. The van der Waals surface area contributed by atoms with Crippen molar-refractivity contribution in [1.29, 1.82) is 0 Å². The van der Waals surface area contributed by atoms with Crippen molar-refractivity contribution >= 4 is 6.29 Å². The molecule has 19 heavy (non-hydrogen) atoms. The molecule has 0 spiro atoms. The van der Waals surface area contributed by atoms with Gasteiger partial charge in [-0.3, -0.25) is 0 Å². The second-order valence-corrected chi connectivity index (χ2v) is 5.01. The molecule has 1 fully saturated rings. The summed E-state index contributed by atoms with van der Waals surface area (Å²) in [7, 11) is 0. The van der Waals surface area contributed by atoms with Gasteiger partial charge in [-0.2, -0.15) is 4.39 Å². The molecule has 0 heterocycles. The Balaban J connectivity index is 2.44. The summed E-state index contributed by atoms with van der Waals surface area (Å²) in [6, 6.07) is 2.90. The quantitative estimate of drug-likeness (QED) is 0.777. The van der Waals surface area contributed by atoms with E-state index in [0.717, 1.165) is 25.5 Å². The van der Waals surface area contributed by atoms with Gasteiger partial charge in [-0.1, -0.05) is 25.3 Å². The van der Waals surface area contributed by atoms with Gasteiger partial charge in [-0.25, -0.2) is 4.39 Å². The van der Waals surface area contributed by atoms with Crippen molar-refractivity contribution in [2.24, 2.45) is 0 Å². The summed E-state index contributed by atoms with van der Waals surface area (Å²) in [6.45, 7) is 1.98. The lowest BCUT2D eigenvalue weighted by Crippen LogP contribution is -2.32. The molecule has 1 aromatic carbocycles. The molecule has 0 unspecified atom stereocenters. The molecule has 0 bridgehead atoms. The minimum absolute atomic E-state index is 0.0967. The molecule has 0 atom stereocenters. The van der Waals surface area contributed by atoms with Crippen molar-refractivity contribution in [3.63, 3.8) is 0 Å². The molecular weight excluding hydrogens is 250 g/mol. The number of halogens is 2. The lowest BCUT2D eigenvalue weighted by atomic mass is 9.70. The maximum atomic E-state index is 14.2. The SMILES string of the molecule is CCOc1ccc(C2(C=O)CCCCC2)c(F)c1F. The lowest BCUT2D eigenvalue weighted by molar-refractivity contribution is -0.113. The number of carbonyl (C=O) groups is 1. The molecule has 1 aliphatic carbocycles. The van der Waals surface area contributed by atoms with Gasteiger partial charge in [0.1, 0.15) is 6.29 Å². The van der Waals surface area contributed by atoms with Crippen LogP contribution in [0.2, 0.25) is 0 Å². The van der Waals surface area contributed by atoms with Crippen LogP contribution in [0.4, 0.5) is 8.78 Å². The number of hydrogen-bond donors (Lipinski definition) is 0. The average Bonchev–Trinajstić information content (AvgIpc) is 2.45. The summed E-state index contributed by atoms with van der Waals surface area (Å²) in [5, 5.41) is 0. The van der Waals surface area contributed by atoms with E-state index in [-0.39, 0.29) is 17.9 Å². The Kier molecular flexibility index (Phi) is 4.17. The fourth-order valence-electron chi connectivity index (χ4n) is 2.82. The molecule has 0 aliphatic heterocycles. The molecular formula is C15H18F2O2. The molecule has 4 heteroatoms. The summed E-state index contributed by atoms with van der Waals surface area (Å²) in [6.07, 6.45) is 4.72. The fraction of sp³-hybridized carbons (Fsp3) is 0.533. The van der Waals surface area contributed by atoms with Crippen molar-refractivity contribution in [2.45, 2.75) is 44.4 Å². The molecule has 0 radical (unpaired) electrons. The maximum Gasteiger partial charge on any atom is 0.200 e. The standard InChI is InChI=1S/C15H18F2O2/c1-2-19-12-7-6-11(13(16)14(12)17)15(10-18)8-4-3-5-9-15/h6-7,10H,2-5,8-9H2,1H3. The van der Waals surface area contributed by atoms with Crippen molar-refractivity contribution in [3.05, 3.63) is 29.3 Å². The highest BCUT2D eigenvalue weighted by Gasteiger charge is 2.37. The summed E-state index contributed by atoms with van der Waals surface area (Å²) >= 11 is 0. The van der Waals surface area contributed by atoms with Crippen LogP contribution in [0.15, 0.2) is 12.1 Å². The Hall–Kier alpha value is -1.45. The highest BCUT2D eigenvalue weighted by Crippen LogP contribution is 2.40. The third-order valence-corrected chi connectivity index (χ3v) is 3.85. The van der Waals surface area contributed by atoms with Gasteiger partial charge in [0.15, 0.2) is 11.6 Å². The second-order valence-electron chi connectivity index (χ2n) is 5.01. The first-order chi connectivity index (χ1) is 9.14. The zero-order valence-electron chi connectivity index (χ0n) is 11.0. The number of aldehydes is 1. The molecule has 0 N–H and O–H groups in total. The second kappa shape index (κ2) is 5.68. The van der Waals surface area contributed by atoms with E-state index in [0.29, 0.717) is 12.8 Å². The van der Waals surface area contributed by atoms with Gasteiger partial charge in [0.25, 0.3) is 0 Å². The minimum atomic E-state index is -0.994. The highest BCUT2D eigenvalue weighted by atomic mass is 19.2. The van der Waals surface area contributed by atoms with Crippen molar-refractivity contribution in [3.8, 4) is 5.75 Å². The van der Waals surface area contributed by atoms with Crippen LogP contribution >= 0.6 is 0 Å². The summed E-state index contributed by atoms with van der Waals surface area (Å²) in [4.78, 5) is 11.4. The minimum Gasteiger partial charge on any atom is -0.491 e. The molecule has 1 aromatic rings. The number of rotatable bonds is 4. The smallest absolute Gasteiger partial charge is 0.200 e. The van der Waals surface area contributed by atoms with E-state index in [4.69, 9.17) is 4.74 Å². The van der Waals surface area contributed by atoms with E-state index in [1.165, 1.54) is 12.1 Å². The Morgan fingerprint density at radius 2 is 1.89 bits per heavy atom. The third-order valence-electron chi connectivity index (χ3n) is 3.85. The molecule has 0 saturated heterocycles. The highest BCUT2D eigenvalue weighted by molar-refractivity contribution is 5.69. The molecule has 0 aromatic heterocycles. The normalized spacial score (nSPS) is 18.1. The van der Waals surface area contributed by atoms with Gasteiger partial charge < -0.3 is 9.53 Å². The maximum absolute atomic E-state index is 14.2. The number of ether oxygens (including phenoxy) is 1. The van der Waals surface area contributed by atoms with Crippen molar-refractivity contribution < 1.29 is 18.3 Å². The van der Waals surface area contributed by atoms with Crippen LogP contribution < -0.4 is 4.74 Å². The van der Waals surface area contributed by atoms with Crippen molar-refractivity contribution in [1.82, 2.24) is 0 Å². The van der Waals surface area contributed by atoms with Gasteiger partial charge in [0.2, 0.25) is 5.82 Å². The topological polar surface area (TPSA) is 26.3 Å². The number of benzene rings is 1. The van der Waals surface area contributed by atoms with Gasteiger partial charge >= 0.3 is 0 Å². The molecule has 2 nitrogen and oxygen atoms in total. The van der Waals surface area contributed by atoms with E-state index in [1.807, 2.05) is 0 Å². The number of carbonyl (C=O) groups excluding carboxylic acids is 1. The molecule has 1 aliphatic rings. The van der Waals surface area contributed by atoms with Gasteiger partial charge in [0, 0.05) is 5.56 Å². The predicted molar refractivity (Wildman–Crippen MR) is 68.4 cm³/mol. The van der Waals surface area contributed by atoms with E-state index in [1.54, 1.807) is 6.92 Å². The third kappa shape index (κ3) is 2.48. The van der Waals surface area contributed by atoms with Crippen LogP contribution in [-0.2, 0) is 10.2 Å². The monoisotopic (exact) mass is 268 g/mol. The van der Waals surface area contributed by atoms with E-state index in [2.05, 4.69) is 0 Å². The van der Waals surface area contributed by atoms with Crippen LogP contribution in [0.1, 0.15) is 44.6 Å². The Morgan fingerprint density at radius 1 is 1.21 bits per heavy atom. The summed E-state index contributed by atoms with van der Waals surface area (Å²) in [5.74, 6) is -2.04. The van der Waals surface area contributed by atoms with Crippen LogP contribution in [-0.4, -0.2) is 12.9 Å². The Morgan fingerprint density at radius 3 is 2.47 bits per heavy atom. The summed E-state index contributed by atoms with van der Waals surface area (Å²) < 4.78 is 33.1. The Bertz CT molecular complexity index is 465. The van der Waals surface area contributed by atoms with Crippen LogP contribution in [0.5, 0.6) is 5.75 Å². The average molecular weight is 268 g/mol. The van der Waals surface area contributed by atoms with Crippen LogP contribution in [0, 0.1) is 11.6 Å². The largest absolute Gasteiger partial charge is 0.491 e. The van der Waals surface area contributed by atoms with E-state index < -0.39 is 17.0 Å². The first kappa shape index (κ1) is 14.0.